The van der Waals surface area contributed by atoms with Gasteiger partial charge < -0.3 is 10.2 Å². The fourth-order valence-corrected chi connectivity index (χ4v) is 15.9. The van der Waals surface area contributed by atoms with E-state index in [2.05, 4.69) is 143 Å². The van der Waals surface area contributed by atoms with Crippen LogP contribution < -0.4 is 15.9 Å². The Balaban J connectivity index is 0.000000466. The smallest absolute Gasteiger partial charge is 0.450 e. The first-order valence-corrected chi connectivity index (χ1v) is 13.6. The quantitative estimate of drug-likeness (QED) is 0.305. The zero-order chi connectivity index (χ0) is 26.4. The summed E-state index contributed by atoms with van der Waals surface area (Å²) in [6.07, 6.45) is -3.24. The minimum atomic E-state index is -2.90. The second kappa shape index (κ2) is 10.5. The molecule has 0 unspecified atom stereocenters. The molecule has 0 aromatic heterocycles. The van der Waals surface area contributed by atoms with Crippen LogP contribution in [0.25, 0.3) is 0 Å². The van der Waals surface area contributed by atoms with Crippen LogP contribution in [0.2, 0.25) is 0 Å². The van der Waals surface area contributed by atoms with Gasteiger partial charge in [-0.25, -0.2) is 9.59 Å². The maximum absolute atomic E-state index is 9.38. The van der Waals surface area contributed by atoms with E-state index >= 15 is 0 Å². The summed E-state index contributed by atoms with van der Waals surface area (Å²) in [5, 5.41) is 24.3. The summed E-state index contributed by atoms with van der Waals surface area (Å²) >= 11 is 0. The Labute approximate surface area is 207 Å². The first-order chi connectivity index (χ1) is 16.3. The number of azo groups is 1. The van der Waals surface area contributed by atoms with E-state index in [1.54, 1.807) is 0 Å². The van der Waals surface area contributed by atoms with E-state index in [4.69, 9.17) is 10.2 Å². The number of hydrogen-bond acceptors (Lipinski definition) is 2. The Morgan fingerprint density at radius 3 is 0.943 bits per heavy atom. The molecule has 0 aliphatic rings. The summed E-state index contributed by atoms with van der Waals surface area (Å²) in [6, 6.07) is 33.9. The van der Waals surface area contributed by atoms with Gasteiger partial charge in [-0.3, -0.25) is 0 Å². The molecule has 2 N–H and O–H groups in total. The number of carbonyl (C=O) groups is 2. The van der Waals surface area contributed by atoms with Crippen LogP contribution in [0.5, 0.6) is 0 Å². The molecule has 35 heavy (non-hydrogen) atoms. The molecule has 0 spiro atoms. The van der Waals surface area contributed by atoms with Crippen LogP contribution >= 0.6 is 6.60 Å². The fourth-order valence-electron chi connectivity index (χ4n) is 6.04. The van der Waals surface area contributed by atoms with E-state index in [-0.39, 0.29) is 10.3 Å². The Morgan fingerprint density at radius 2 is 0.771 bits per heavy atom. The van der Waals surface area contributed by atoms with Crippen molar-refractivity contribution in [3.63, 3.8) is 0 Å². The van der Waals surface area contributed by atoms with Crippen molar-refractivity contribution in [3.8, 4) is 0 Å². The molecule has 3 rings (SSSR count). The van der Waals surface area contributed by atoms with Gasteiger partial charge in [0.25, 0.3) is 0 Å². The fraction of sp³-hybridized carbons (Fsp3) is 0.286. The van der Waals surface area contributed by atoms with Crippen molar-refractivity contribution in [3.05, 3.63) is 91.0 Å². The van der Waals surface area contributed by atoms with Gasteiger partial charge in [-0.1, -0.05) is 10.2 Å². The SMILES string of the molecule is CC(C)(C)P(c1ccccc1)(c1ccccc1)(c1ccccc1)C(C)(C)C.O=C(O)N=NC(=O)O. The molecule has 3 aromatic rings. The van der Waals surface area contributed by atoms with Crippen LogP contribution in [0.15, 0.2) is 101 Å². The summed E-state index contributed by atoms with van der Waals surface area (Å²) < 4.78 is 0. The van der Waals surface area contributed by atoms with Crippen molar-refractivity contribution in [1.29, 1.82) is 0 Å². The standard InChI is InChI=1S/C26H33P.C2H2N2O4/c1-25(2,3)27(26(4,5)6,22-16-10-7-11-17-22,23-18-12-8-13-19-23)24-20-14-9-15-21-24;5-1(6)3-4-2(7)8/h7-21H,1-6H3;(H,5,6)(H,7,8). The second-order valence-corrected chi connectivity index (χ2v) is 16.7. The molecule has 0 radical (unpaired) electrons. The van der Waals surface area contributed by atoms with E-state index < -0.39 is 18.8 Å². The molecule has 0 aliphatic heterocycles. The molecule has 0 saturated carbocycles. The third-order valence-corrected chi connectivity index (χ3v) is 16.1. The number of benzene rings is 3. The summed E-state index contributed by atoms with van der Waals surface area (Å²) in [7, 11) is 0. The Morgan fingerprint density at radius 1 is 0.543 bits per heavy atom. The van der Waals surface area contributed by atoms with E-state index in [1.165, 1.54) is 15.9 Å². The van der Waals surface area contributed by atoms with Gasteiger partial charge >= 0.3 is 178 Å². The first kappa shape index (κ1) is 27.9. The predicted octanol–water partition coefficient (Wildman–Crippen LogP) is 6.91. The molecule has 186 valence electrons. The van der Waals surface area contributed by atoms with Crippen LogP contribution in [-0.2, 0) is 0 Å². The van der Waals surface area contributed by atoms with Crippen molar-refractivity contribution in [2.45, 2.75) is 51.9 Å². The van der Waals surface area contributed by atoms with E-state index in [1.807, 2.05) is 0 Å². The average Bonchev–Trinajstić information content (AvgIpc) is 2.79. The molecule has 2 amide bonds. The van der Waals surface area contributed by atoms with Crippen molar-refractivity contribution < 1.29 is 19.8 Å². The van der Waals surface area contributed by atoms with Gasteiger partial charge in [-0.15, -0.1) is 0 Å². The predicted molar refractivity (Wildman–Crippen MR) is 146 cm³/mol. The number of amides is 2. The van der Waals surface area contributed by atoms with Crippen LogP contribution in [0, 0.1) is 0 Å². The van der Waals surface area contributed by atoms with Gasteiger partial charge in [0.05, 0.1) is 0 Å². The topological polar surface area (TPSA) is 99.3 Å². The van der Waals surface area contributed by atoms with Crippen LogP contribution in [0.1, 0.15) is 41.5 Å². The third-order valence-electron chi connectivity index (χ3n) is 6.72. The Hall–Kier alpha value is -3.37. The Bertz CT molecular complexity index is 1030. The number of hydrogen-bond donors (Lipinski definition) is 2. The monoisotopic (exact) mass is 494 g/mol. The minimum Gasteiger partial charge on any atom is -0.462 e. The van der Waals surface area contributed by atoms with Crippen LogP contribution in [0.4, 0.5) is 9.59 Å². The molecule has 0 atom stereocenters. The van der Waals surface area contributed by atoms with Crippen molar-refractivity contribution in [2.24, 2.45) is 10.2 Å². The molecular weight excluding hydrogens is 459 g/mol. The second-order valence-electron chi connectivity index (χ2n) is 10.2. The maximum atomic E-state index is 9.38. The molecule has 3 aromatic carbocycles. The normalized spacial score (nSPS) is 13.3. The molecule has 0 heterocycles. The molecule has 6 nitrogen and oxygen atoms in total. The van der Waals surface area contributed by atoms with Crippen molar-refractivity contribution in [1.82, 2.24) is 0 Å². The van der Waals surface area contributed by atoms with Gasteiger partial charge in [0.1, 0.15) is 0 Å². The van der Waals surface area contributed by atoms with Gasteiger partial charge in [0, 0.05) is 0 Å². The molecule has 7 heteroatoms. The van der Waals surface area contributed by atoms with Gasteiger partial charge in [-0.2, -0.15) is 0 Å². The maximum Gasteiger partial charge on any atom is 0.450 e. The van der Waals surface area contributed by atoms with Crippen molar-refractivity contribution >= 4 is 34.7 Å². The average molecular weight is 495 g/mol. The zero-order valence-electron chi connectivity index (χ0n) is 21.2. The number of carboxylic acid groups (broad SMARTS) is 2. The Kier molecular flexibility index (Phi) is 8.35. The van der Waals surface area contributed by atoms with Gasteiger partial charge in [0.2, 0.25) is 0 Å². The molecule has 0 bridgehead atoms. The minimum absolute atomic E-state index is 0.0356. The summed E-state index contributed by atoms with van der Waals surface area (Å²) in [4.78, 5) is 18.8. The third kappa shape index (κ3) is 4.63. The molecule has 0 saturated heterocycles. The van der Waals surface area contributed by atoms with Crippen LogP contribution in [0.3, 0.4) is 0 Å². The summed E-state index contributed by atoms with van der Waals surface area (Å²) in [6.45, 7) is 11.8. The largest absolute Gasteiger partial charge is 0.462 e. The van der Waals surface area contributed by atoms with E-state index in [0.717, 1.165) is 0 Å². The van der Waals surface area contributed by atoms with Gasteiger partial charge in [-0.05, 0) is 0 Å². The molecule has 0 aliphatic carbocycles. The first-order valence-electron chi connectivity index (χ1n) is 11.4. The summed E-state index contributed by atoms with van der Waals surface area (Å²) in [5.41, 5.74) is 0. The summed E-state index contributed by atoms with van der Waals surface area (Å²) in [5.74, 6) is 0. The van der Waals surface area contributed by atoms with E-state index in [0.29, 0.717) is 0 Å². The zero-order valence-corrected chi connectivity index (χ0v) is 22.1. The van der Waals surface area contributed by atoms with E-state index in [9.17, 15) is 9.59 Å². The van der Waals surface area contributed by atoms with Crippen LogP contribution in [-0.4, -0.2) is 32.7 Å². The molecular formula is C28H35N2O4P. The molecule has 0 fully saturated rings. The van der Waals surface area contributed by atoms with Gasteiger partial charge in [0.15, 0.2) is 0 Å². The number of nitrogens with zero attached hydrogens (tertiary/aromatic N) is 2. The number of rotatable bonds is 3. The van der Waals surface area contributed by atoms with Crippen molar-refractivity contribution in [2.75, 3.05) is 0 Å².